The summed E-state index contributed by atoms with van der Waals surface area (Å²) in [6.45, 7) is 10.7. The van der Waals surface area contributed by atoms with E-state index in [-0.39, 0.29) is 22.5 Å². The van der Waals surface area contributed by atoms with Crippen molar-refractivity contribution in [3.05, 3.63) is 39.7 Å². The Morgan fingerprint density at radius 1 is 1.07 bits per heavy atom. The van der Waals surface area contributed by atoms with E-state index >= 15 is 0 Å². The van der Waals surface area contributed by atoms with Gasteiger partial charge in [0.25, 0.3) is 11.8 Å². The van der Waals surface area contributed by atoms with Crippen LogP contribution in [0.2, 0.25) is 5.02 Å². The van der Waals surface area contributed by atoms with Gasteiger partial charge in [-0.3, -0.25) is 14.5 Å². The fraction of sp³-hybridized carbons (Fsp3) is 0.565. The first-order chi connectivity index (χ1) is 14.2. The van der Waals surface area contributed by atoms with Crippen LogP contribution < -0.4 is 10.2 Å². The molecule has 0 spiro atoms. The summed E-state index contributed by atoms with van der Waals surface area (Å²) in [6.07, 6.45) is 2.94. The van der Waals surface area contributed by atoms with Gasteiger partial charge in [-0.15, -0.1) is 0 Å². The Bertz CT molecular complexity index is 830. The smallest absolute Gasteiger partial charge is 0.261 e. The average Bonchev–Trinajstić information content (AvgIpc) is 2.93. The summed E-state index contributed by atoms with van der Waals surface area (Å²) in [7, 11) is 0. The molecule has 1 aromatic rings. The fourth-order valence-corrected chi connectivity index (χ4v) is 4.61. The molecule has 0 saturated carbocycles. The summed E-state index contributed by atoms with van der Waals surface area (Å²) in [5.74, 6) is -1.44. The van der Waals surface area contributed by atoms with Crippen molar-refractivity contribution in [2.75, 3.05) is 18.0 Å². The molecule has 0 unspecified atom stereocenters. The van der Waals surface area contributed by atoms with Crippen LogP contribution in [0.3, 0.4) is 0 Å². The summed E-state index contributed by atoms with van der Waals surface area (Å²) in [5.41, 5.74) is 1.75. The molecule has 0 atom stereocenters. The third kappa shape index (κ3) is 4.61. The highest BCUT2D eigenvalue weighted by molar-refractivity contribution is 6.34. The maximum absolute atomic E-state index is 14.7. The predicted molar refractivity (Wildman–Crippen MR) is 118 cm³/mol. The van der Waals surface area contributed by atoms with Crippen molar-refractivity contribution >= 4 is 29.1 Å². The number of nitrogens with zero attached hydrogens (tertiary/aromatic N) is 2. The minimum Gasteiger partial charge on any atom is -0.311 e. The molecular formula is C23H31ClFN3O2. The zero-order valence-corrected chi connectivity index (χ0v) is 19.0. The number of imide groups is 1. The second kappa shape index (κ2) is 9.58. The third-order valence-electron chi connectivity index (χ3n) is 5.94. The van der Waals surface area contributed by atoms with Gasteiger partial charge in [-0.25, -0.2) is 9.29 Å². The number of hydrogen-bond donors (Lipinski definition) is 1. The molecule has 0 aromatic heterocycles. The molecule has 0 bridgehead atoms. The van der Waals surface area contributed by atoms with Gasteiger partial charge in [0.1, 0.15) is 5.82 Å². The molecule has 2 amide bonds. The number of nitrogens with one attached hydrogen (secondary N) is 1. The second-order valence-corrected chi connectivity index (χ2v) is 9.01. The lowest BCUT2D eigenvalue weighted by Gasteiger charge is -2.30. The minimum absolute atomic E-state index is 0.00779. The first-order valence-corrected chi connectivity index (χ1v) is 11.1. The van der Waals surface area contributed by atoms with Crippen LogP contribution in [0.1, 0.15) is 58.9 Å². The first kappa shape index (κ1) is 22.9. The summed E-state index contributed by atoms with van der Waals surface area (Å²) in [4.78, 5) is 28.9. The highest BCUT2D eigenvalue weighted by atomic mass is 35.5. The van der Waals surface area contributed by atoms with E-state index in [0.717, 1.165) is 30.8 Å². The van der Waals surface area contributed by atoms with E-state index in [1.54, 1.807) is 0 Å². The van der Waals surface area contributed by atoms with Crippen molar-refractivity contribution in [1.82, 2.24) is 10.2 Å². The molecule has 1 aliphatic heterocycles. The van der Waals surface area contributed by atoms with Crippen molar-refractivity contribution in [1.29, 1.82) is 0 Å². The van der Waals surface area contributed by atoms with Gasteiger partial charge >= 0.3 is 0 Å². The summed E-state index contributed by atoms with van der Waals surface area (Å²) >= 11 is 6.26. The molecule has 0 fully saturated rings. The van der Waals surface area contributed by atoms with Gasteiger partial charge < -0.3 is 5.32 Å². The quantitative estimate of drug-likeness (QED) is 0.484. The van der Waals surface area contributed by atoms with Crippen molar-refractivity contribution in [2.45, 2.75) is 72.0 Å². The van der Waals surface area contributed by atoms with Crippen LogP contribution in [0.5, 0.6) is 0 Å². The van der Waals surface area contributed by atoms with E-state index < -0.39 is 5.82 Å². The number of carbonyl (C=O) groups is 2. The summed E-state index contributed by atoms with van der Waals surface area (Å²) in [5, 5.41) is 3.63. The van der Waals surface area contributed by atoms with Gasteiger partial charge in [0.05, 0.1) is 5.69 Å². The predicted octanol–water partition coefficient (Wildman–Crippen LogP) is 4.43. The topological polar surface area (TPSA) is 52.6 Å². The van der Waals surface area contributed by atoms with Gasteiger partial charge in [-0.1, -0.05) is 11.6 Å². The molecule has 1 N–H and O–H groups in total. The van der Waals surface area contributed by atoms with E-state index in [9.17, 15) is 14.0 Å². The maximum atomic E-state index is 14.7. The molecule has 164 valence electrons. The van der Waals surface area contributed by atoms with Crippen molar-refractivity contribution in [3.63, 3.8) is 0 Å². The molecular weight excluding hydrogens is 405 g/mol. The number of hydrogen-bond acceptors (Lipinski definition) is 4. The Kier molecular flexibility index (Phi) is 7.32. The molecule has 2 aliphatic rings. The number of amides is 2. The summed E-state index contributed by atoms with van der Waals surface area (Å²) in [6, 6.07) is 3.61. The largest absolute Gasteiger partial charge is 0.311 e. The lowest BCUT2D eigenvalue weighted by Crippen LogP contribution is -2.41. The molecule has 0 radical (unpaired) electrons. The molecule has 1 aliphatic carbocycles. The Balaban J connectivity index is 1.72. The average molecular weight is 436 g/mol. The van der Waals surface area contributed by atoms with Gasteiger partial charge in [-0.2, -0.15) is 0 Å². The van der Waals surface area contributed by atoms with E-state index in [0.29, 0.717) is 48.2 Å². The minimum atomic E-state index is -0.656. The molecule has 1 heterocycles. The van der Waals surface area contributed by atoms with Crippen LogP contribution in [-0.2, 0) is 16.1 Å². The monoisotopic (exact) mass is 435 g/mol. The lowest BCUT2D eigenvalue weighted by molar-refractivity contribution is -0.120. The van der Waals surface area contributed by atoms with Crippen LogP contribution >= 0.6 is 11.6 Å². The van der Waals surface area contributed by atoms with E-state index in [1.165, 1.54) is 12.1 Å². The Hall–Kier alpha value is -1.76. The molecule has 0 saturated heterocycles. The van der Waals surface area contributed by atoms with Gasteiger partial charge in [-0.05, 0) is 71.1 Å². The molecule has 5 nitrogen and oxygen atoms in total. The summed E-state index contributed by atoms with van der Waals surface area (Å²) < 4.78 is 14.7. The molecule has 7 heteroatoms. The van der Waals surface area contributed by atoms with Gasteiger partial charge in [0, 0.05) is 47.9 Å². The molecule has 3 rings (SSSR count). The molecule has 1 aromatic carbocycles. The van der Waals surface area contributed by atoms with Crippen molar-refractivity contribution in [3.8, 4) is 0 Å². The van der Waals surface area contributed by atoms with Crippen LogP contribution in [0.15, 0.2) is 23.3 Å². The maximum Gasteiger partial charge on any atom is 0.261 e. The number of benzene rings is 1. The van der Waals surface area contributed by atoms with Crippen molar-refractivity contribution < 1.29 is 14.0 Å². The third-order valence-corrected chi connectivity index (χ3v) is 6.29. The SMILES string of the molecule is CC(C)N(CCNCc1cc(N2C(=O)C3=C(CCCC3)C2=O)c(F)cc1Cl)C(C)C. The first-order valence-electron chi connectivity index (χ1n) is 10.8. The van der Waals surface area contributed by atoms with E-state index in [2.05, 4.69) is 37.9 Å². The lowest BCUT2D eigenvalue weighted by atomic mass is 9.93. The van der Waals surface area contributed by atoms with Crippen molar-refractivity contribution in [2.24, 2.45) is 0 Å². The number of carbonyl (C=O) groups excluding carboxylic acids is 2. The zero-order chi connectivity index (χ0) is 22.0. The zero-order valence-electron chi connectivity index (χ0n) is 18.2. The number of rotatable bonds is 8. The van der Waals surface area contributed by atoms with E-state index in [1.807, 2.05) is 0 Å². The Morgan fingerprint density at radius 2 is 1.63 bits per heavy atom. The second-order valence-electron chi connectivity index (χ2n) is 8.61. The van der Waals surface area contributed by atoms with E-state index in [4.69, 9.17) is 11.6 Å². The molecule has 30 heavy (non-hydrogen) atoms. The van der Waals surface area contributed by atoms with Crippen LogP contribution in [0.25, 0.3) is 0 Å². The van der Waals surface area contributed by atoms with Gasteiger partial charge in [0.2, 0.25) is 0 Å². The van der Waals surface area contributed by atoms with Gasteiger partial charge in [0.15, 0.2) is 0 Å². The van der Waals surface area contributed by atoms with Crippen LogP contribution in [-0.4, -0.2) is 41.9 Å². The highest BCUT2D eigenvalue weighted by Gasteiger charge is 2.40. The Morgan fingerprint density at radius 3 is 2.17 bits per heavy atom. The highest BCUT2D eigenvalue weighted by Crippen LogP contribution is 2.37. The number of anilines is 1. The standard InChI is InChI=1S/C23H31ClFN3O2/c1-14(2)27(15(3)4)10-9-26-13-16-11-21(20(25)12-19(16)24)28-22(29)17-7-5-6-8-18(17)23(28)30/h11-12,14-15,26H,5-10,13H2,1-4H3. The fourth-order valence-electron chi connectivity index (χ4n) is 4.39. The Labute approximate surface area is 183 Å². The van der Waals surface area contributed by atoms with Crippen LogP contribution in [0, 0.1) is 5.82 Å². The normalized spacial score (nSPS) is 17.2. The number of halogens is 2. The van der Waals surface area contributed by atoms with Crippen LogP contribution in [0.4, 0.5) is 10.1 Å².